The van der Waals surface area contributed by atoms with Gasteiger partial charge >= 0.3 is 0 Å². The first-order valence-electron chi connectivity index (χ1n) is 9.65. The van der Waals surface area contributed by atoms with Gasteiger partial charge < -0.3 is 10.1 Å². The molecule has 1 unspecified atom stereocenters. The van der Waals surface area contributed by atoms with Gasteiger partial charge in [0.2, 0.25) is 0 Å². The smallest absolute Gasteiger partial charge is 0.251 e. The third-order valence-corrected chi connectivity index (χ3v) is 5.52. The fourth-order valence-electron chi connectivity index (χ4n) is 3.08. The van der Waals surface area contributed by atoms with Crippen molar-refractivity contribution in [2.75, 3.05) is 13.2 Å². The Kier molecular flexibility index (Phi) is 6.87. The van der Waals surface area contributed by atoms with E-state index in [1.54, 1.807) is 23.5 Å². The van der Waals surface area contributed by atoms with E-state index in [2.05, 4.69) is 29.5 Å². The Morgan fingerprint density at radius 3 is 2.64 bits per heavy atom. The minimum absolute atomic E-state index is 0.0192. The van der Waals surface area contributed by atoms with Crippen LogP contribution >= 0.6 is 11.3 Å². The number of aryl methyl sites for hydroxylation is 2. The van der Waals surface area contributed by atoms with Crippen molar-refractivity contribution in [1.29, 1.82) is 0 Å². The first kappa shape index (κ1) is 20.1. The molecule has 0 fully saturated rings. The van der Waals surface area contributed by atoms with Gasteiger partial charge in [-0.15, -0.1) is 11.3 Å². The molecule has 0 bridgehead atoms. The number of unbranched alkanes of at least 4 members (excludes halogenated alkanes) is 1. The molecule has 28 heavy (non-hydrogen) atoms. The normalized spacial score (nSPS) is 12.0. The quantitative estimate of drug-likeness (QED) is 0.530. The van der Waals surface area contributed by atoms with E-state index in [-0.39, 0.29) is 11.9 Å². The minimum Gasteiger partial charge on any atom is -0.494 e. The van der Waals surface area contributed by atoms with Gasteiger partial charge in [-0.05, 0) is 62.0 Å². The van der Waals surface area contributed by atoms with Crippen LogP contribution in [0.15, 0.2) is 47.8 Å². The number of hydrogen-bond donors (Lipinski definition) is 1. The van der Waals surface area contributed by atoms with Crippen molar-refractivity contribution in [2.24, 2.45) is 0 Å². The van der Waals surface area contributed by atoms with Gasteiger partial charge in [0, 0.05) is 22.7 Å². The summed E-state index contributed by atoms with van der Waals surface area (Å²) in [6, 6.07) is 13.5. The second kappa shape index (κ2) is 9.55. The molecule has 148 valence electrons. The second-order valence-corrected chi connectivity index (χ2v) is 7.82. The van der Waals surface area contributed by atoms with E-state index in [0.717, 1.165) is 30.0 Å². The maximum atomic E-state index is 12.6. The second-order valence-electron chi connectivity index (χ2n) is 6.84. The highest BCUT2D eigenvalue weighted by Gasteiger charge is 2.19. The number of nitrogens with zero attached hydrogens (tertiary/aromatic N) is 2. The Morgan fingerprint density at radius 2 is 2.04 bits per heavy atom. The Morgan fingerprint density at radius 1 is 1.25 bits per heavy atom. The van der Waals surface area contributed by atoms with Gasteiger partial charge in [-0.3, -0.25) is 9.48 Å². The number of ether oxygens (including phenoxy) is 1. The molecule has 3 aromatic rings. The van der Waals surface area contributed by atoms with Crippen molar-refractivity contribution in [2.45, 2.75) is 39.7 Å². The van der Waals surface area contributed by atoms with Gasteiger partial charge in [0.05, 0.1) is 12.3 Å². The van der Waals surface area contributed by atoms with Gasteiger partial charge in [-0.2, -0.15) is 5.10 Å². The van der Waals surface area contributed by atoms with Gasteiger partial charge in [0.1, 0.15) is 11.8 Å². The van der Waals surface area contributed by atoms with Crippen LogP contribution in [-0.4, -0.2) is 28.8 Å². The van der Waals surface area contributed by atoms with Crippen LogP contribution in [0.2, 0.25) is 0 Å². The SMILES string of the molecule is CCCCOc1ccc(C(=O)NCC(c2cccs2)n2nc(C)cc2C)cc1. The van der Waals surface area contributed by atoms with Crippen LogP contribution in [0.3, 0.4) is 0 Å². The summed E-state index contributed by atoms with van der Waals surface area (Å²) in [6.45, 7) is 7.34. The lowest BCUT2D eigenvalue weighted by atomic mass is 10.2. The number of thiophene rings is 1. The minimum atomic E-state index is -0.0943. The summed E-state index contributed by atoms with van der Waals surface area (Å²) in [6.07, 6.45) is 2.12. The lowest BCUT2D eigenvalue weighted by Crippen LogP contribution is -2.31. The molecular formula is C22H27N3O2S. The Balaban J connectivity index is 1.66. The molecular weight excluding hydrogens is 370 g/mol. The molecule has 2 aromatic heterocycles. The molecule has 5 nitrogen and oxygen atoms in total. The maximum Gasteiger partial charge on any atom is 0.251 e. The van der Waals surface area contributed by atoms with E-state index in [0.29, 0.717) is 18.7 Å². The van der Waals surface area contributed by atoms with Crippen molar-refractivity contribution >= 4 is 17.2 Å². The number of benzene rings is 1. The molecule has 1 amide bonds. The number of carbonyl (C=O) groups excluding carboxylic acids is 1. The highest BCUT2D eigenvalue weighted by molar-refractivity contribution is 7.10. The first-order chi connectivity index (χ1) is 13.6. The van der Waals surface area contributed by atoms with Crippen LogP contribution in [0.1, 0.15) is 52.4 Å². The molecule has 0 aliphatic carbocycles. The van der Waals surface area contributed by atoms with E-state index in [4.69, 9.17) is 4.74 Å². The predicted octanol–water partition coefficient (Wildman–Crippen LogP) is 4.76. The number of carbonyl (C=O) groups is 1. The van der Waals surface area contributed by atoms with Gasteiger partial charge in [-0.1, -0.05) is 19.4 Å². The fraction of sp³-hybridized carbons (Fsp3) is 0.364. The summed E-state index contributed by atoms with van der Waals surface area (Å²) < 4.78 is 7.65. The molecule has 0 spiro atoms. The van der Waals surface area contributed by atoms with Crippen LogP contribution in [0.4, 0.5) is 0 Å². The summed E-state index contributed by atoms with van der Waals surface area (Å²) >= 11 is 1.67. The number of rotatable bonds is 9. The number of aromatic nitrogens is 2. The van der Waals surface area contributed by atoms with Gasteiger partial charge in [0.25, 0.3) is 5.91 Å². The monoisotopic (exact) mass is 397 g/mol. The summed E-state index contributed by atoms with van der Waals surface area (Å²) in [4.78, 5) is 13.8. The fourth-order valence-corrected chi connectivity index (χ4v) is 3.89. The van der Waals surface area contributed by atoms with Crippen molar-refractivity contribution in [3.63, 3.8) is 0 Å². The van der Waals surface area contributed by atoms with Crippen molar-refractivity contribution in [3.05, 3.63) is 69.7 Å². The van der Waals surface area contributed by atoms with E-state index < -0.39 is 0 Å². The molecule has 0 aliphatic heterocycles. The molecule has 0 saturated heterocycles. The molecule has 0 aliphatic rings. The zero-order valence-corrected chi connectivity index (χ0v) is 17.5. The maximum absolute atomic E-state index is 12.6. The van der Waals surface area contributed by atoms with Crippen LogP contribution < -0.4 is 10.1 Å². The number of hydrogen-bond acceptors (Lipinski definition) is 4. The van der Waals surface area contributed by atoms with E-state index in [1.165, 1.54) is 4.88 Å². The third-order valence-electron chi connectivity index (χ3n) is 4.55. The molecule has 1 N–H and O–H groups in total. The molecule has 0 radical (unpaired) electrons. The van der Waals surface area contributed by atoms with Crippen molar-refractivity contribution in [1.82, 2.24) is 15.1 Å². The standard InChI is InChI=1S/C22H27N3O2S/c1-4-5-12-27-19-10-8-18(9-11-19)22(26)23-15-20(21-7-6-13-28-21)25-17(3)14-16(2)24-25/h6-11,13-14,20H,4-5,12,15H2,1-3H3,(H,23,26). The average Bonchev–Trinajstić information content (AvgIpc) is 3.33. The van der Waals surface area contributed by atoms with E-state index >= 15 is 0 Å². The summed E-state index contributed by atoms with van der Waals surface area (Å²) in [5.41, 5.74) is 2.68. The van der Waals surface area contributed by atoms with E-state index in [1.807, 2.05) is 42.1 Å². The molecule has 0 saturated carbocycles. The van der Waals surface area contributed by atoms with E-state index in [9.17, 15) is 4.79 Å². The van der Waals surface area contributed by atoms with Crippen molar-refractivity contribution < 1.29 is 9.53 Å². The highest BCUT2D eigenvalue weighted by atomic mass is 32.1. The summed E-state index contributed by atoms with van der Waals surface area (Å²) in [7, 11) is 0. The number of amides is 1. The number of nitrogens with one attached hydrogen (secondary N) is 1. The average molecular weight is 398 g/mol. The third kappa shape index (κ3) is 5.01. The zero-order valence-electron chi connectivity index (χ0n) is 16.6. The summed E-state index contributed by atoms with van der Waals surface area (Å²) in [5, 5.41) is 9.73. The summed E-state index contributed by atoms with van der Waals surface area (Å²) in [5.74, 6) is 0.701. The highest BCUT2D eigenvalue weighted by Crippen LogP contribution is 2.24. The first-order valence-corrected chi connectivity index (χ1v) is 10.5. The van der Waals surface area contributed by atoms with Crippen LogP contribution in [-0.2, 0) is 0 Å². The Labute approximate surface area is 170 Å². The Hall–Kier alpha value is -2.60. The largest absolute Gasteiger partial charge is 0.494 e. The van der Waals surface area contributed by atoms with Gasteiger partial charge in [0.15, 0.2) is 0 Å². The molecule has 2 heterocycles. The lowest BCUT2D eigenvalue weighted by molar-refractivity contribution is 0.0949. The molecule has 6 heteroatoms. The molecule has 3 rings (SSSR count). The zero-order chi connectivity index (χ0) is 19.9. The lowest BCUT2D eigenvalue weighted by Gasteiger charge is -2.19. The molecule has 1 aromatic carbocycles. The topological polar surface area (TPSA) is 56.1 Å². The predicted molar refractivity (Wildman–Crippen MR) is 113 cm³/mol. The van der Waals surface area contributed by atoms with Crippen LogP contribution in [0.25, 0.3) is 0 Å². The Bertz CT molecular complexity index is 885. The molecule has 1 atom stereocenters. The van der Waals surface area contributed by atoms with Crippen LogP contribution in [0.5, 0.6) is 5.75 Å². The van der Waals surface area contributed by atoms with Gasteiger partial charge in [-0.25, -0.2) is 0 Å². The van der Waals surface area contributed by atoms with Crippen molar-refractivity contribution in [3.8, 4) is 5.75 Å². The van der Waals surface area contributed by atoms with Crippen LogP contribution in [0, 0.1) is 13.8 Å².